The van der Waals surface area contributed by atoms with E-state index in [-0.39, 0.29) is 5.91 Å². The monoisotopic (exact) mass is 262 g/mol. The minimum atomic E-state index is 0.0732. The van der Waals surface area contributed by atoms with Gasteiger partial charge in [-0.3, -0.25) is 4.79 Å². The number of carbonyl (C=O) groups excluding carboxylic acids is 1. The number of carbonyl (C=O) groups is 1. The molecule has 0 bridgehead atoms. The number of anilines is 2. The number of piperazine rings is 1. The summed E-state index contributed by atoms with van der Waals surface area (Å²) in [4.78, 5) is 18.7. The lowest BCUT2D eigenvalue weighted by molar-refractivity contribution is 0.0665. The van der Waals surface area contributed by atoms with Crippen LogP contribution in [-0.4, -0.2) is 63.0 Å². The third kappa shape index (κ3) is 2.98. The first-order valence-electron chi connectivity index (χ1n) is 6.53. The molecule has 1 aliphatic heterocycles. The van der Waals surface area contributed by atoms with E-state index in [1.165, 1.54) is 0 Å². The van der Waals surface area contributed by atoms with Crippen molar-refractivity contribution in [2.45, 2.75) is 0 Å². The molecule has 5 heteroatoms. The largest absolute Gasteiger partial charge is 0.399 e. The zero-order chi connectivity index (χ0) is 14.0. The number of benzene rings is 1. The van der Waals surface area contributed by atoms with Crippen molar-refractivity contribution in [3.05, 3.63) is 23.8 Å². The van der Waals surface area contributed by atoms with Crippen LogP contribution < -0.4 is 10.6 Å². The van der Waals surface area contributed by atoms with Gasteiger partial charge in [-0.15, -0.1) is 0 Å². The number of nitrogens with two attached hydrogens (primary N) is 1. The SMILES string of the molecule is CN1CCN(C(=O)c2cc(N)ccc2N(C)C)CC1. The summed E-state index contributed by atoms with van der Waals surface area (Å²) in [6.07, 6.45) is 0. The molecule has 19 heavy (non-hydrogen) atoms. The first-order chi connectivity index (χ1) is 8.99. The quantitative estimate of drug-likeness (QED) is 0.798. The summed E-state index contributed by atoms with van der Waals surface area (Å²) in [5.41, 5.74) is 8.05. The van der Waals surface area contributed by atoms with Crippen LogP contribution in [0.1, 0.15) is 10.4 Å². The molecule has 104 valence electrons. The summed E-state index contributed by atoms with van der Waals surface area (Å²) in [6, 6.07) is 5.50. The summed E-state index contributed by atoms with van der Waals surface area (Å²) >= 11 is 0. The molecule has 1 saturated heterocycles. The van der Waals surface area contributed by atoms with Crippen LogP contribution >= 0.6 is 0 Å². The predicted molar refractivity (Wildman–Crippen MR) is 78.6 cm³/mol. The summed E-state index contributed by atoms with van der Waals surface area (Å²) in [5.74, 6) is 0.0732. The highest BCUT2D eigenvalue weighted by Gasteiger charge is 2.23. The number of rotatable bonds is 2. The Balaban J connectivity index is 2.25. The second-order valence-corrected chi connectivity index (χ2v) is 5.27. The second kappa shape index (κ2) is 5.48. The van der Waals surface area contributed by atoms with Crippen LogP contribution in [0.5, 0.6) is 0 Å². The fraction of sp³-hybridized carbons (Fsp3) is 0.500. The van der Waals surface area contributed by atoms with Crippen molar-refractivity contribution in [3.8, 4) is 0 Å². The van der Waals surface area contributed by atoms with E-state index in [4.69, 9.17) is 5.73 Å². The molecule has 2 rings (SSSR count). The molecule has 0 spiro atoms. The van der Waals surface area contributed by atoms with Gasteiger partial charge in [0.2, 0.25) is 0 Å². The Morgan fingerprint density at radius 3 is 2.42 bits per heavy atom. The molecule has 1 heterocycles. The van der Waals surface area contributed by atoms with E-state index >= 15 is 0 Å². The first-order valence-corrected chi connectivity index (χ1v) is 6.53. The topological polar surface area (TPSA) is 52.8 Å². The molecule has 2 N–H and O–H groups in total. The van der Waals surface area contributed by atoms with E-state index in [1.807, 2.05) is 36.0 Å². The molecule has 0 saturated carbocycles. The van der Waals surface area contributed by atoms with Gasteiger partial charge in [0.1, 0.15) is 0 Å². The number of amides is 1. The Morgan fingerprint density at radius 1 is 1.21 bits per heavy atom. The van der Waals surface area contributed by atoms with Gasteiger partial charge in [-0.05, 0) is 25.2 Å². The van der Waals surface area contributed by atoms with E-state index in [9.17, 15) is 4.79 Å². The van der Waals surface area contributed by atoms with E-state index < -0.39 is 0 Å². The zero-order valence-corrected chi connectivity index (χ0v) is 11.9. The highest BCUT2D eigenvalue weighted by molar-refractivity contribution is 6.00. The molecule has 0 aliphatic carbocycles. The Bertz CT molecular complexity index is 465. The van der Waals surface area contributed by atoms with Gasteiger partial charge in [-0.1, -0.05) is 0 Å². The molecule has 1 aromatic carbocycles. The van der Waals surface area contributed by atoms with Crippen LogP contribution in [0.15, 0.2) is 18.2 Å². The Morgan fingerprint density at radius 2 is 1.84 bits per heavy atom. The molecule has 0 unspecified atom stereocenters. The van der Waals surface area contributed by atoms with Crippen molar-refractivity contribution < 1.29 is 4.79 Å². The third-order valence-corrected chi connectivity index (χ3v) is 3.52. The number of nitrogens with zero attached hydrogens (tertiary/aromatic N) is 3. The summed E-state index contributed by atoms with van der Waals surface area (Å²) in [7, 11) is 5.95. The van der Waals surface area contributed by atoms with E-state index in [0.29, 0.717) is 11.3 Å². The fourth-order valence-corrected chi connectivity index (χ4v) is 2.29. The lowest BCUT2D eigenvalue weighted by Gasteiger charge is -2.33. The molecule has 1 aromatic rings. The van der Waals surface area contributed by atoms with Gasteiger partial charge in [0, 0.05) is 51.6 Å². The van der Waals surface area contributed by atoms with Gasteiger partial charge in [-0.25, -0.2) is 0 Å². The maximum atomic E-state index is 12.6. The highest BCUT2D eigenvalue weighted by atomic mass is 16.2. The smallest absolute Gasteiger partial charge is 0.256 e. The van der Waals surface area contributed by atoms with Gasteiger partial charge in [0.25, 0.3) is 5.91 Å². The Labute approximate surface area is 114 Å². The predicted octanol–water partition coefficient (Wildman–Crippen LogP) is 0.722. The first kappa shape index (κ1) is 13.7. The summed E-state index contributed by atoms with van der Waals surface area (Å²) < 4.78 is 0. The lowest BCUT2D eigenvalue weighted by atomic mass is 10.1. The molecular weight excluding hydrogens is 240 g/mol. The van der Waals surface area contributed by atoms with Gasteiger partial charge in [0.05, 0.1) is 5.56 Å². The van der Waals surface area contributed by atoms with Crippen molar-refractivity contribution in [1.82, 2.24) is 9.80 Å². The van der Waals surface area contributed by atoms with Crippen molar-refractivity contribution >= 4 is 17.3 Å². The Kier molecular flexibility index (Phi) is 3.95. The molecule has 1 amide bonds. The van der Waals surface area contributed by atoms with Gasteiger partial charge >= 0.3 is 0 Å². The number of hydrogen-bond donors (Lipinski definition) is 1. The molecule has 5 nitrogen and oxygen atoms in total. The highest BCUT2D eigenvalue weighted by Crippen LogP contribution is 2.23. The van der Waals surface area contributed by atoms with Gasteiger partial charge in [0.15, 0.2) is 0 Å². The van der Waals surface area contributed by atoms with Gasteiger partial charge in [-0.2, -0.15) is 0 Å². The minimum absolute atomic E-state index is 0.0732. The molecule has 0 radical (unpaired) electrons. The molecular formula is C14H22N4O. The van der Waals surface area contributed by atoms with E-state index in [1.54, 1.807) is 6.07 Å². The number of likely N-dealkylation sites (N-methyl/N-ethyl adjacent to an activating group) is 1. The summed E-state index contributed by atoms with van der Waals surface area (Å²) in [5, 5.41) is 0. The fourth-order valence-electron chi connectivity index (χ4n) is 2.29. The van der Waals surface area contributed by atoms with Crippen LogP contribution in [0, 0.1) is 0 Å². The second-order valence-electron chi connectivity index (χ2n) is 5.27. The molecule has 1 fully saturated rings. The van der Waals surface area contributed by atoms with Crippen molar-refractivity contribution in [2.75, 3.05) is 58.0 Å². The van der Waals surface area contributed by atoms with E-state index in [2.05, 4.69) is 11.9 Å². The van der Waals surface area contributed by atoms with Crippen LogP contribution in [0.3, 0.4) is 0 Å². The average molecular weight is 262 g/mol. The lowest BCUT2D eigenvalue weighted by Crippen LogP contribution is -2.47. The maximum Gasteiger partial charge on any atom is 0.256 e. The number of nitrogen functional groups attached to an aromatic ring is 1. The normalized spacial score (nSPS) is 16.5. The average Bonchev–Trinajstić information content (AvgIpc) is 2.38. The molecule has 0 aromatic heterocycles. The van der Waals surface area contributed by atoms with Crippen molar-refractivity contribution in [3.63, 3.8) is 0 Å². The number of hydrogen-bond acceptors (Lipinski definition) is 4. The van der Waals surface area contributed by atoms with Crippen molar-refractivity contribution in [1.29, 1.82) is 0 Å². The Hall–Kier alpha value is -1.75. The van der Waals surface area contributed by atoms with Crippen LogP contribution in [0.2, 0.25) is 0 Å². The van der Waals surface area contributed by atoms with E-state index in [0.717, 1.165) is 31.9 Å². The molecule has 0 atom stereocenters. The molecule has 1 aliphatic rings. The summed E-state index contributed by atoms with van der Waals surface area (Å²) in [6.45, 7) is 3.39. The van der Waals surface area contributed by atoms with Crippen LogP contribution in [0.4, 0.5) is 11.4 Å². The standard InChI is InChI=1S/C14H22N4O/c1-16(2)13-5-4-11(15)10-12(13)14(19)18-8-6-17(3)7-9-18/h4-5,10H,6-9,15H2,1-3H3. The van der Waals surface area contributed by atoms with Crippen LogP contribution in [0.25, 0.3) is 0 Å². The maximum absolute atomic E-state index is 12.6. The third-order valence-electron chi connectivity index (χ3n) is 3.52. The minimum Gasteiger partial charge on any atom is -0.399 e. The zero-order valence-electron chi connectivity index (χ0n) is 11.9. The van der Waals surface area contributed by atoms with Crippen LogP contribution in [-0.2, 0) is 0 Å². The van der Waals surface area contributed by atoms with Gasteiger partial charge < -0.3 is 20.4 Å². The van der Waals surface area contributed by atoms with Crippen molar-refractivity contribution in [2.24, 2.45) is 0 Å².